The summed E-state index contributed by atoms with van der Waals surface area (Å²) in [6.45, 7) is 0. The Kier molecular flexibility index (Phi) is 3.62. The molecule has 0 aliphatic carbocycles. The maximum absolute atomic E-state index is 13.6. The lowest BCUT2D eigenvalue weighted by Crippen LogP contribution is -1.92. The molecule has 0 atom stereocenters. The SMILES string of the molecule is COc1cc2nc(Nc3ccccc3F)sc2cc1OC. The third-order valence-electron chi connectivity index (χ3n) is 3.01. The van der Waals surface area contributed by atoms with Gasteiger partial charge in [-0.1, -0.05) is 23.5 Å². The topological polar surface area (TPSA) is 43.4 Å². The molecular formula is C15H13FN2O2S. The van der Waals surface area contributed by atoms with Gasteiger partial charge in [0.2, 0.25) is 0 Å². The quantitative estimate of drug-likeness (QED) is 0.784. The average Bonchev–Trinajstić information content (AvgIpc) is 2.89. The van der Waals surface area contributed by atoms with E-state index < -0.39 is 0 Å². The number of aromatic nitrogens is 1. The molecule has 3 rings (SSSR count). The summed E-state index contributed by atoms with van der Waals surface area (Å²) >= 11 is 1.43. The molecule has 0 bridgehead atoms. The molecule has 0 radical (unpaired) electrons. The normalized spacial score (nSPS) is 10.6. The fourth-order valence-corrected chi connectivity index (χ4v) is 2.87. The first-order valence-corrected chi connectivity index (χ1v) is 7.07. The van der Waals surface area contributed by atoms with E-state index in [1.54, 1.807) is 38.5 Å². The van der Waals surface area contributed by atoms with Crippen LogP contribution in [0, 0.1) is 5.82 Å². The summed E-state index contributed by atoms with van der Waals surface area (Å²) in [5.41, 5.74) is 1.17. The lowest BCUT2D eigenvalue weighted by atomic mass is 10.3. The van der Waals surface area contributed by atoms with Crippen molar-refractivity contribution in [2.24, 2.45) is 0 Å². The Labute approximate surface area is 125 Å². The minimum Gasteiger partial charge on any atom is -0.493 e. The monoisotopic (exact) mass is 304 g/mol. The Balaban J connectivity index is 1.99. The number of ether oxygens (including phenoxy) is 2. The molecule has 3 aromatic rings. The van der Waals surface area contributed by atoms with E-state index in [0.29, 0.717) is 22.3 Å². The van der Waals surface area contributed by atoms with Crippen LogP contribution in [0.3, 0.4) is 0 Å². The Morgan fingerprint density at radius 1 is 1.10 bits per heavy atom. The molecule has 1 heterocycles. The second-order valence-corrected chi connectivity index (χ2v) is 5.33. The zero-order valence-corrected chi connectivity index (χ0v) is 12.3. The highest BCUT2D eigenvalue weighted by atomic mass is 32.1. The molecule has 0 amide bonds. The van der Waals surface area contributed by atoms with Gasteiger partial charge >= 0.3 is 0 Å². The van der Waals surface area contributed by atoms with E-state index in [-0.39, 0.29) is 5.82 Å². The number of benzene rings is 2. The highest BCUT2D eigenvalue weighted by molar-refractivity contribution is 7.22. The van der Waals surface area contributed by atoms with Crippen LogP contribution in [0.15, 0.2) is 36.4 Å². The predicted molar refractivity (Wildman–Crippen MR) is 82.4 cm³/mol. The molecule has 21 heavy (non-hydrogen) atoms. The van der Waals surface area contributed by atoms with Gasteiger partial charge in [-0.05, 0) is 12.1 Å². The second kappa shape index (κ2) is 5.57. The molecule has 0 unspecified atom stereocenters. The number of thiazole rings is 1. The van der Waals surface area contributed by atoms with Crippen LogP contribution in [0.5, 0.6) is 11.5 Å². The van der Waals surface area contributed by atoms with Crippen molar-refractivity contribution in [3.63, 3.8) is 0 Å². The molecule has 0 saturated carbocycles. The summed E-state index contributed by atoms with van der Waals surface area (Å²) in [6.07, 6.45) is 0. The van der Waals surface area contributed by atoms with Gasteiger partial charge in [0.25, 0.3) is 0 Å². The van der Waals surface area contributed by atoms with Gasteiger partial charge < -0.3 is 14.8 Å². The molecule has 1 N–H and O–H groups in total. The molecular weight excluding hydrogens is 291 g/mol. The van der Waals surface area contributed by atoms with Crippen LogP contribution in [-0.4, -0.2) is 19.2 Å². The molecule has 4 nitrogen and oxygen atoms in total. The van der Waals surface area contributed by atoms with Crippen molar-refractivity contribution in [1.29, 1.82) is 0 Å². The molecule has 0 aliphatic rings. The number of halogens is 1. The van der Waals surface area contributed by atoms with Crippen LogP contribution in [0.2, 0.25) is 0 Å². The van der Waals surface area contributed by atoms with E-state index in [1.165, 1.54) is 17.4 Å². The molecule has 6 heteroatoms. The van der Waals surface area contributed by atoms with E-state index in [1.807, 2.05) is 6.07 Å². The molecule has 0 spiro atoms. The molecule has 1 aromatic heterocycles. The number of fused-ring (bicyclic) bond motifs is 1. The minimum absolute atomic E-state index is 0.313. The van der Waals surface area contributed by atoms with E-state index in [9.17, 15) is 4.39 Å². The largest absolute Gasteiger partial charge is 0.493 e. The maximum Gasteiger partial charge on any atom is 0.188 e. The summed E-state index contributed by atoms with van der Waals surface area (Å²) in [6, 6.07) is 10.2. The van der Waals surface area contributed by atoms with Crippen LogP contribution in [0.1, 0.15) is 0 Å². The Morgan fingerprint density at radius 3 is 2.52 bits per heavy atom. The summed E-state index contributed by atoms with van der Waals surface area (Å²) in [5, 5.41) is 3.60. The van der Waals surface area contributed by atoms with Crippen molar-refractivity contribution in [3.8, 4) is 11.5 Å². The van der Waals surface area contributed by atoms with Gasteiger partial charge in [0, 0.05) is 12.1 Å². The van der Waals surface area contributed by atoms with Crippen molar-refractivity contribution in [2.75, 3.05) is 19.5 Å². The summed E-state index contributed by atoms with van der Waals surface area (Å²) < 4.78 is 25.1. The zero-order valence-electron chi connectivity index (χ0n) is 11.5. The van der Waals surface area contributed by atoms with Gasteiger partial charge in [0.15, 0.2) is 16.6 Å². The third-order valence-corrected chi connectivity index (χ3v) is 3.94. The van der Waals surface area contributed by atoms with E-state index >= 15 is 0 Å². The highest BCUT2D eigenvalue weighted by Crippen LogP contribution is 2.37. The zero-order chi connectivity index (χ0) is 14.8. The fourth-order valence-electron chi connectivity index (χ4n) is 1.99. The predicted octanol–water partition coefficient (Wildman–Crippen LogP) is 4.20. The fraction of sp³-hybridized carbons (Fsp3) is 0.133. The van der Waals surface area contributed by atoms with Crippen molar-refractivity contribution in [3.05, 3.63) is 42.2 Å². The Morgan fingerprint density at radius 2 is 1.81 bits per heavy atom. The number of hydrogen-bond donors (Lipinski definition) is 1. The van der Waals surface area contributed by atoms with E-state index in [4.69, 9.17) is 9.47 Å². The maximum atomic E-state index is 13.6. The van der Waals surface area contributed by atoms with Crippen LogP contribution in [0.25, 0.3) is 10.2 Å². The summed E-state index contributed by atoms with van der Waals surface area (Å²) in [7, 11) is 3.16. The van der Waals surface area contributed by atoms with Crippen LogP contribution in [0.4, 0.5) is 15.2 Å². The van der Waals surface area contributed by atoms with Gasteiger partial charge in [-0.2, -0.15) is 0 Å². The van der Waals surface area contributed by atoms with Gasteiger partial charge in [0.1, 0.15) is 5.82 Å². The summed E-state index contributed by atoms with van der Waals surface area (Å²) in [5.74, 6) is 0.950. The van der Waals surface area contributed by atoms with E-state index in [2.05, 4.69) is 10.3 Å². The first-order chi connectivity index (χ1) is 10.2. The van der Waals surface area contributed by atoms with Crippen LogP contribution < -0.4 is 14.8 Å². The van der Waals surface area contributed by atoms with Gasteiger partial charge in [-0.25, -0.2) is 9.37 Å². The number of nitrogens with zero attached hydrogens (tertiary/aromatic N) is 1. The summed E-state index contributed by atoms with van der Waals surface area (Å²) in [4.78, 5) is 4.44. The number of hydrogen-bond acceptors (Lipinski definition) is 5. The lowest BCUT2D eigenvalue weighted by Gasteiger charge is -2.05. The smallest absolute Gasteiger partial charge is 0.188 e. The number of para-hydroxylation sites is 1. The van der Waals surface area contributed by atoms with Gasteiger partial charge in [-0.3, -0.25) is 0 Å². The van der Waals surface area contributed by atoms with Crippen molar-refractivity contribution in [1.82, 2.24) is 4.98 Å². The van der Waals surface area contributed by atoms with Gasteiger partial charge in [0.05, 0.1) is 30.1 Å². The first kappa shape index (κ1) is 13.6. The Bertz CT molecular complexity index is 747. The van der Waals surface area contributed by atoms with Crippen LogP contribution in [-0.2, 0) is 0 Å². The lowest BCUT2D eigenvalue weighted by molar-refractivity contribution is 0.356. The number of nitrogens with one attached hydrogen (secondary N) is 1. The standard InChI is InChI=1S/C15H13FN2O2S/c1-19-12-7-11-14(8-13(12)20-2)21-15(18-11)17-10-6-4-3-5-9(10)16/h3-8H,1-2H3,(H,17,18). The number of anilines is 2. The van der Waals surface area contributed by atoms with Gasteiger partial charge in [-0.15, -0.1) is 0 Å². The van der Waals surface area contributed by atoms with Crippen molar-refractivity contribution in [2.45, 2.75) is 0 Å². The first-order valence-electron chi connectivity index (χ1n) is 6.25. The Hall–Kier alpha value is -2.34. The molecule has 2 aromatic carbocycles. The molecule has 0 fully saturated rings. The minimum atomic E-state index is -0.313. The van der Waals surface area contributed by atoms with Crippen LogP contribution >= 0.6 is 11.3 Å². The average molecular weight is 304 g/mol. The van der Waals surface area contributed by atoms with E-state index in [0.717, 1.165) is 10.2 Å². The van der Waals surface area contributed by atoms with Crippen molar-refractivity contribution < 1.29 is 13.9 Å². The van der Waals surface area contributed by atoms with Crippen molar-refractivity contribution >= 4 is 32.4 Å². The molecule has 0 aliphatic heterocycles. The number of rotatable bonds is 4. The molecule has 0 saturated heterocycles. The highest BCUT2D eigenvalue weighted by Gasteiger charge is 2.11. The third kappa shape index (κ3) is 2.62. The number of methoxy groups -OCH3 is 2. The second-order valence-electron chi connectivity index (χ2n) is 4.30. The molecule has 108 valence electrons.